The van der Waals surface area contributed by atoms with Gasteiger partial charge < -0.3 is 14.2 Å². The Labute approximate surface area is 176 Å². The van der Waals surface area contributed by atoms with Crippen molar-refractivity contribution < 1.29 is 19.0 Å². The molecule has 2 aromatic carbocycles. The molecular formula is C25H25NO4. The van der Waals surface area contributed by atoms with Gasteiger partial charge in [0.15, 0.2) is 11.5 Å². The van der Waals surface area contributed by atoms with E-state index in [0.717, 1.165) is 22.6 Å². The number of nitrogens with zero attached hydrogens (tertiary/aromatic N) is 1. The maximum absolute atomic E-state index is 12.4. The molecule has 0 aliphatic carbocycles. The molecule has 5 nitrogen and oxygen atoms in total. The van der Waals surface area contributed by atoms with Gasteiger partial charge >= 0.3 is 5.97 Å². The van der Waals surface area contributed by atoms with Crippen LogP contribution >= 0.6 is 0 Å². The lowest BCUT2D eigenvalue weighted by molar-refractivity contribution is -0.133. The van der Waals surface area contributed by atoms with E-state index in [4.69, 9.17) is 14.2 Å². The second kappa shape index (κ2) is 10.8. The van der Waals surface area contributed by atoms with Gasteiger partial charge in [0.1, 0.15) is 5.75 Å². The predicted molar refractivity (Wildman–Crippen MR) is 118 cm³/mol. The first-order valence-corrected chi connectivity index (χ1v) is 9.96. The number of ether oxygens (including phenoxy) is 3. The quantitative estimate of drug-likeness (QED) is 0.363. The van der Waals surface area contributed by atoms with Crippen LogP contribution in [0.25, 0.3) is 12.2 Å². The number of benzene rings is 2. The van der Waals surface area contributed by atoms with Crippen LogP contribution in [0.4, 0.5) is 0 Å². The molecule has 154 valence electrons. The topological polar surface area (TPSA) is 57.7 Å². The summed E-state index contributed by atoms with van der Waals surface area (Å²) in [5, 5.41) is 0. The third-order valence-electron chi connectivity index (χ3n) is 4.21. The number of carbonyl (C=O) groups excluding carboxylic acids is 1. The molecule has 0 fully saturated rings. The Hall–Kier alpha value is -3.60. The van der Waals surface area contributed by atoms with Gasteiger partial charge in [-0.3, -0.25) is 9.78 Å². The molecule has 30 heavy (non-hydrogen) atoms. The first-order chi connectivity index (χ1) is 14.7. The molecule has 0 bridgehead atoms. The van der Waals surface area contributed by atoms with E-state index in [0.29, 0.717) is 24.7 Å². The minimum Gasteiger partial charge on any atom is -0.494 e. The van der Waals surface area contributed by atoms with Gasteiger partial charge in [0.2, 0.25) is 0 Å². The first-order valence-electron chi connectivity index (χ1n) is 9.96. The molecule has 5 heteroatoms. The van der Waals surface area contributed by atoms with Crippen molar-refractivity contribution in [2.45, 2.75) is 20.3 Å². The SMILES string of the molecule is CCOc1ccc(CC(=O)Oc2ccc(/C=C/c3ccccn3)cc2OCC)cc1. The molecule has 0 N–H and O–H groups in total. The van der Waals surface area contributed by atoms with Gasteiger partial charge in [0.05, 0.1) is 25.3 Å². The van der Waals surface area contributed by atoms with Crippen LogP contribution < -0.4 is 14.2 Å². The van der Waals surface area contributed by atoms with E-state index in [1.54, 1.807) is 12.3 Å². The second-order valence-corrected chi connectivity index (χ2v) is 6.45. The predicted octanol–water partition coefficient (Wildman–Crippen LogP) is 5.20. The van der Waals surface area contributed by atoms with Crippen molar-refractivity contribution >= 4 is 18.1 Å². The van der Waals surface area contributed by atoms with Gasteiger partial charge in [-0.2, -0.15) is 0 Å². The van der Waals surface area contributed by atoms with Crippen molar-refractivity contribution in [2.24, 2.45) is 0 Å². The van der Waals surface area contributed by atoms with Crippen LogP contribution in [0.2, 0.25) is 0 Å². The van der Waals surface area contributed by atoms with Gasteiger partial charge in [-0.1, -0.05) is 30.3 Å². The van der Waals surface area contributed by atoms with Crippen LogP contribution in [0.5, 0.6) is 17.2 Å². The van der Waals surface area contributed by atoms with Crippen molar-refractivity contribution in [1.82, 2.24) is 4.98 Å². The summed E-state index contributed by atoms with van der Waals surface area (Å²) in [6, 6.07) is 18.6. The van der Waals surface area contributed by atoms with Crippen molar-refractivity contribution in [3.05, 3.63) is 83.7 Å². The van der Waals surface area contributed by atoms with Crippen LogP contribution in [-0.2, 0) is 11.2 Å². The number of hydrogen-bond donors (Lipinski definition) is 0. The van der Waals surface area contributed by atoms with Crippen LogP contribution in [0.15, 0.2) is 66.9 Å². The van der Waals surface area contributed by atoms with Crippen LogP contribution in [-0.4, -0.2) is 24.2 Å². The Morgan fingerprint density at radius 2 is 1.70 bits per heavy atom. The maximum atomic E-state index is 12.4. The Morgan fingerprint density at radius 3 is 2.40 bits per heavy atom. The normalized spacial score (nSPS) is 10.7. The lowest BCUT2D eigenvalue weighted by Crippen LogP contribution is -2.12. The average molecular weight is 403 g/mol. The number of hydrogen-bond acceptors (Lipinski definition) is 5. The van der Waals surface area contributed by atoms with E-state index >= 15 is 0 Å². The summed E-state index contributed by atoms with van der Waals surface area (Å²) in [4.78, 5) is 16.7. The summed E-state index contributed by atoms with van der Waals surface area (Å²) in [5.74, 6) is 1.36. The van der Waals surface area contributed by atoms with Crippen LogP contribution in [0, 0.1) is 0 Å². The smallest absolute Gasteiger partial charge is 0.315 e. The van der Waals surface area contributed by atoms with Crippen molar-refractivity contribution in [1.29, 1.82) is 0 Å². The summed E-state index contributed by atoms with van der Waals surface area (Å²) >= 11 is 0. The number of rotatable bonds is 9. The van der Waals surface area contributed by atoms with E-state index in [1.165, 1.54) is 0 Å². The molecule has 0 saturated carbocycles. The number of esters is 1. The lowest BCUT2D eigenvalue weighted by atomic mass is 10.1. The Balaban J connectivity index is 1.68. The van der Waals surface area contributed by atoms with E-state index in [2.05, 4.69) is 4.98 Å². The Morgan fingerprint density at radius 1 is 0.900 bits per heavy atom. The summed E-state index contributed by atoms with van der Waals surface area (Å²) in [7, 11) is 0. The molecule has 0 saturated heterocycles. The Bertz CT molecular complexity index is 982. The molecule has 3 rings (SSSR count). The molecule has 1 heterocycles. The summed E-state index contributed by atoms with van der Waals surface area (Å²) in [6.07, 6.45) is 5.77. The fourth-order valence-electron chi connectivity index (χ4n) is 2.83. The van der Waals surface area contributed by atoms with Crippen molar-refractivity contribution in [3.63, 3.8) is 0 Å². The summed E-state index contributed by atoms with van der Waals surface area (Å²) < 4.78 is 16.7. The highest BCUT2D eigenvalue weighted by molar-refractivity contribution is 5.77. The molecule has 0 radical (unpaired) electrons. The largest absolute Gasteiger partial charge is 0.494 e. The fourth-order valence-corrected chi connectivity index (χ4v) is 2.83. The highest BCUT2D eigenvalue weighted by atomic mass is 16.6. The van der Waals surface area contributed by atoms with E-state index < -0.39 is 0 Å². The molecule has 0 atom stereocenters. The lowest BCUT2D eigenvalue weighted by Gasteiger charge is -2.12. The standard InChI is InChI=1S/C25H25NO4/c1-3-28-22-13-9-20(10-14-22)18-25(27)30-23-15-11-19(17-24(23)29-4-2)8-12-21-7-5-6-16-26-21/h5-17H,3-4,18H2,1-2H3/b12-8+. The van der Waals surface area contributed by atoms with E-state index in [9.17, 15) is 4.79 Å². The zero-order valence-electron chi connectivity index (χ0n) is 17.2. The first kappa shape index (κ1) is 21.1. The van der Waals surface area contributed by atoms with Gasteiger partial charge in [-0.25, -0.2) is 0 Å². The summed E-state index contributed by atoms with van der Waals surface area (Å²) in [6.45, 7) is 4.90. The van der Waals surface area contributed by atoms with Gasteiger partial charge in [0, 0.05) is 6.20 Å². The van der Waals surface area contributed by atoms with Crippen molar-refractivity contribution in [2.75, 3.05) is 13.2 Å². The molecular weight excluding hydrogens is 378 g/mol. The fraction of sp³-hybridized carbons (Fsp3) is 0.200. The minimum atomic E-state index is -0.350. The van der Waals surface area contributed by atoms with Crippen molar-refractivity contribution in [3.8, 4) is 17.2 Å². The minimum absolute atomic E-state index is 0.166. The third kappa shape index (κ3) is 6.21. The molecule has 1 aromatic heterocycles. The second-order valence-electron chi connectivity index (χ2n) is 6.45. The highest BCUT2D eigenvalue weighted by Gasteiger charge is 2.12. The van der Waals surface area contributed by atoms with E-state index in [-0.39, 0.29) is 12.4 Å². The van der Waals surface area contributed by atoms with Crippen LogP contribution in [0.3, 0.4) is 0 Å². The van der Waals surface area contributed by atoms with Gasteiger partial charge in [-0.05, 0) is 67.4 Å². The van der Waals surface area contributed by atoms with Crippen LogP contribution in [0.1, 0.15) is 30.7 Å². The third-order valence-corrected chi connectivity index (χ3v) is 4.21. The molecule has 0 aliphatic rings. The molecule has 0 unspecified atom stereocenters. The van der Waals surface area contributed by atoms with E-state index in [1.807, 2.05) is 80.6 Å². The zero-order valence-corrected chi connectivity index (χ0v) is 17.2. The highest BCUT2D eigenvalue weighted by Crippen LogP contribution is 2.29. The molecule has 0 amide bonds. The number of carbonyl (C=O) groups is 1. The molecule has 0 spiro atoms. The monoisotopic (exact) mass is 403 g/mol. The molecule has 0 aliphatic heterocycles. The maximum Gasteiger partial charge on any atom is 0.315 e. The Kier molecular flexibility index (Phi) is 7.61. The number of aromatic nitrogens is 1. The van der Waals surface area contributed by atoms with Gasteiger partial charge in [-0.15, -0.1) is 0 Å². The van der Waals surface area contributed by atoms with Gasteiger partial charge in [0.25, 0.3) is 0 Å². The summed E-state index contributed by atoms with van der Waals surface area (Å²) in [5.41, 5.74) is 2.65. The average Bonchev–Trinajstić information content (AvgIpc) is 2.76. The number of pyridine rings is 1. The molecule has 3 aromatic rings. The zero-order chi connectivity index (χ0) is 21.2.